The number of halogens is 4. The van der Waals surface area contributed by atoms with Gasteiger partial charge in [0.2, 0.25) is 5.82 Å². The van der Waals surface area contributed by atoms with Crippen molar-refractivity contribution in [1.29, 1.82) is 0 Å². The second kappa shape index (κ2) is 7.99. The van der Waals surface area contributed by atoms with E-state index in [0.29, 0.717) is 4.57 Å². The fourth-order valence-electron chi connectivity index (χ4n) is 2.50. The predicted molar refractivity (Wildman–Crippen MR) is 84.0 cm³/mol. The summed E-state index contributed by atoms with van der Waals surface area (Å²) in [7, 11) is 3.27. The van der Waals surface area contributed by atoms with E-state index in [0.717, 1.165) is 6.20 Å². The Balaban J connectivity index is 3.60. The molecule has 0 aliphatic heterocycles. The van der Waals surface area contributed by atoms with Crippen LogP contribution in [0.4, 0.5) is 17.6 Å². The van der Waals surface area contributed by atoms with Gasteiger partial charge in [-0.2, -0.15) is 13.2 Å². The fourth-order valence-corrected chi connectivity index (χ4v) is 2.50. The molecule has 0 fully saturated rings. The maximum atomic E-state index is 14.2. The summed E-state index contributed by atoms with van der Waals surface area (Å²) in [5.74, 6) is -3.50. The predicted octanol–water partition coefficient (Wildman–Crippen LogP) is 2.78. The maximum absolute atomic E-state index is 14.2. The Hall–Kier alpha value is -1.90. The molecule has 0 spiro atoms. The first-order valence-electron chi connectivity index (χ1n) is 7.74. The summed E-state index contributed by atoms with van der Waals surface area (Å²) in [5.41, 5.74) is -3.63. The Morgan fingerprint density at radius 3 is 2.28 bits per heavy atom. The standard InChI is InChI=1S/C16H22F4N2O3/c1-9(2)7-11(15(24)25)22-8-10(5-6-21(3)4)12(16(18,19)20)13(17)14(22)23/h8-9,11H,5-7H2,1-4H3,(H,24,25). The molecule has 1 unspecified atom stereocenters. The Morgan fingerprint density at radius 1 is 1.32 bits per heavy atom. The van der Waals surface area contributed by atoms with Gasteiger partial charge in [-0.15, -0.1) is 0 Å². The Bertz CT molecular complexity index is 681. The number of hydrogen-bond donors (Lipinski definition) is 1. The van der Waals surface area contributed by atoms with Crippen LogP contribution in [0, 0.1) is 11.7 Å². The van der Waals surface area contributed by atoms with Gasteiger partial charge in [0, 0.05) is 12.7 Å². The first kappa shape index (κ1) is 21.1. The molecule has 0 aliphatic carbocycles. The van der Waals surface area contributed by atoms with Gasteiger partial charge in [-0.05, 0) is 38.4 Å². The second-order valence-corrected chi connectivity index (χ2v) is 6.59. The lowest BCUT2D eigenvalue weighted by molar-refractivity contribution is -0.141. The molecule has 1 rings (SSSR count). The van der Waals surface area contributed by atoms with Gasteiger partial charge in [0.25, 0.3) is 5.56 Å². The van der Waals surface area contributed by atoms with Crippen LogP contribution in [0.2, 0.25) is 0 Å². The third kappa shape index (κ3) is 5.29. The Kier molecular flexibility index (Phi) is 6.75. The molecule has 142 valence electrons. The molecule has 0 aromatic carbocycles. The number of aliphatic carboxylic acids is 1. The topological polar surface area (TPSA) is 62.5 Å². The maximum Gasteiger partial charge on any atom is 0.419 e. The Morgan fingerprint density at radius 2 is 1.88 bits per heavy atom. The molecule has 0 saturated carbocycles. The zero-order valence-corrected chi connectivity index (χ0v) is 14.5. The van der Waals surface area contributed by atoms with Crippen LogP contribution in [0.25, 0.3) is 0 Å². The third-order valence-electron chi connectivity index (χ3n) is 3.69. The van der Waals surface area contributed by atoms with Crippen LogP contribution in [0.3, 0.4) is 0 Å². The van der Waals surface area contributed by atoms with Gasteiger partial charge >= 0.3 is 12.1 Å². The number of carbonyl (C=O) groups is 1. The quantitative estimate of drug-likeness (QED) is 0.754. The number of rotatable bonds is 7. The van der Waals surface area contributed by atoms with Crippen molar-refractivity contribution in [3.63, 3.8) is 0 Å². The summed E-state index contributed by atoms with van der Waals surface area (Å²) >= 11 is 0. The van der Waals surface area contributed by atoms with Gasteiger partial charge < -0.3 is 10.0 Å². The van der Waals surface area contributed by atoms with Gasteiger partial charge in [-0.1, -0.05) is 13.8 Å². The van der Waals surface area contributed by atoms with Gasteiger partial charge in [-0.25, -0.2) is 9.18 Å². The molecule has 0 radical (unpaired) electrons. The number of carboxylic acids is 1. The third-order valence-corrected chi connectivity index (χ3v) is 3.69. The van der Waals surface area contributed by atoms with Crippen molar-refractivity contribution in [2.24, 2.45) is 5.92 Å². The molecule has 1 heterocycles. The largest absolute Gasteiger partial charge is 0.480 e. The molecule has 1 N–H and O–H groups in total. The molecule has 25 heavy (non-hydrogen) atoms. The first-order chi connectivity index (χ1) is 11.4. The number of likely N-dealkylation sites (N-methyl/N-ethyl adjacent to an activating group) is 1. The lowest BCUT2D eigenvalue weighted by Crippen LogP contribution is -2.35. The number of pyridine rings is 1. The van der Waals surface area contributed by atoms with E-state index in [-0.39, 0.29) is 25.3 Å². The number of carboxylic acid groups (broad SMARTS) is 1. The van der Waals surface area contributed by atoms with E-state index in [2.05, 4.69) is 0 Å². The molecule has 1 aromatic rings. The average molecular weight is 366 g/mol. The minimum absolute atomic E-state index is 0.00678. The van der Waals surface area contributed by atoms with Gasteiger partial charge in [0.1, 0.15) is 11.6 Å². The van der Waals surface area contributed by atoms with Crippen LogP contribution in [0.1, 0.15) is 37.4 Å². The smallest absolute Gasteiger partial charge is 0.419 e. The first-order valence-corrected chi connectivity index (χ1v) is 7.74. The monoisotopic (exact) mass is 366 g/mol. The lowest BCUT2D eigenvalue weighted by Gasteiger charge is -2.22. The van der Waals surface area contributed by atoms with E-state index < -0.39 is 40.7 Å². The van der Waals surface area contributed by atoms with E-state index in [1.54, 1.807) is 32.8 Å². The molecular formula is C16H22F4N2O3. The van der Waals surface area contributed by atoms with Crippen molar-refractivity contribution >= 4 is 5.97 Å². The van der Waals surface area contributed by atoms with E-state index in [9.17, 15) is 32.3 Å². The molecule has 9 heteroatoms. The van der Waals surface area contributed by atoms with Crippen molar-refractivity contribution in [3.05, 3.63) is 33.5 Å². The summed E-state index contributed by atoms with van der Waals surface area (Å²) in [6, 6.07) is -1.43. The zero-order chi connectivity index (χ0) is 19.5. The highest BCUT2D eigenvalue weighted by molar-refractivity contribution is 5.71. The van der Waals surface area contributed by atoms with Gasteiger partial charge in [-0.3, -0.25) is 9.36 Å². The van der Waals surface area contributed by atoms with Crippen molar-refractivity contribution in [1.82, 2.24) is 9.47 Å². The van der Waals surface area contributed by atoms with Crippen molar-refractivity contribution in [2.75, 3.05) is 20.6 Å². The van der Waals surface area contributed by atoms with E-state index in [1.165, 1.54) is 0 Å². The minimum Gasteiger partial charge on any atom is -0.480 e. The van der Waals surface area contributed by atoms with Crippen LogP contribution in [-0.4, -0.2) is 41.2 Å². The SMILES string of the molecule is CC(C)CC(C(=O)O)n1cc(CCN(C)C)c(C(F)(F)F)c(F)c1=O. The lowest BCUT2D eigenvalue weighted by atomic mass is 10.0. The second-order valence-electron chi connectivity index (χ2n) is 6.59. The van der Waals surface area contributed by atoms with E-state index >= 15 is 0 Å². The normalized spacial score (nSPS) is 13.5. The fraction of sp³-hybridized carbons (Fsp3) is 0.625. The summed E-state index contributed by atoms with van der Waals surface area (Å²) in [5, 5.41) is 9.32. The van der Waals surface area contributed by atoms with Crippen molar-refractivity contribution in [2.45, 2.75) is 38.9 Å². The Labute approximate surface area is 142 Å². The van der Waals surface area contributed by atoms with Crippen molar-refractivity contribution in [3.8, 4) is 0 Å². The summed E-state index contributed by atoms with van der Waals surface area (Å²) in [6.07, 6.45) is -4.39. The number of alkyl halides is 3. The molecule has 0 bridgehead atoms. The minimum atomic E-state index is -5.04. The van der Waals surface area contributed by atoms with Crippen LogP contribution < -0.4 is 5.56 Å². The van der Waals surface area contributed by atoms with E-state index in [4.69, 9.17) is 0 Å². The zero-order valence-electron chi connectivity index (χ0n) is 14.5. The highest BCUT2D eigenvalue weighted by Gasteiger charge is 2.39. The highest BCUT2D eigenvalue weighted by Crippen LogP contribution is 2.34. The van der Waals surface area contributed by atoms with Crippen LogP contribution in [0.15, 0.2) is 11.0 Å². The number of aromatic nitrogens is 1. The number of nitrogens with zero attached hydrogens (tertiary/aromatic N) is 2. The number of hydrogen-bond acceptors (Lipinski definition) is 3. The van der Waals surface area contributed by atoms with E-state index in [1.807, 2.05) is 0 Å². The molecule has 0 saturated heterocycles. The summed E-state index contributed by atoms with van der Waals surface area (Å²) in [4.78, 5) is 25.1. The summed E-state index contributed by atoms with van der Waals surface area (Å²) in [6.45, 7) is 3.59. The van der Waals surface area contributed by atoms with Crippen LogP contribution >= 0.6 is 0 Å². The molecule has 1 atom stereocenters. The average Bonchev–Trinajstić information content (AvgIpc) is 2.44. The van der Waals surface area contributed by atoms with Crippen LogP contribution in [0.5, 0.6) is 0 Å². The molecular weight excluding hydrogens is 344 g/mol. The van der Waals surface area contributed by atoms with Crippen LogP contribution in [-0.2, 0) is 17.4 Å². The molecule has 0 aliphatic rings. The van der Waals surface area contributed by atoms with Gasteiger partial charge in [0.15, 0.2) is 0 Å². The summed E-state index contributed by atoms with van der Waals surface area (Å²) < 4.78 is 54.4. The molecule has 1 aromatic heterocycles. The van der Waals surface area contributed by atoms with Crippen molar-refractivity contribution < 1.29 is 27.5 Å². The highest BCUT2D eigenvalue weighted by atomic mass is 19.4. The molecule has 5 nitrogen and oxygen atoms in total. The van der Waals surface area contributed by atoms with Gasteiger partial charge in [0.05, 0.1) is 0 Å². The molecule has 0 amide bonds.